The summed E-state index contributed by atoms with van der Waals surface area (Å²) in [7, 11) is 3.80. The Kier molecular flexibility index (Phi) is 15.4. The van der Waals surface area contributed by atoms with E-state index in [4.69, 9.17) is 0 Å². The fourth-order valence-electron chi connectivity index (χ4n) is 0.809. The van der Waals surface area contributed by atoms with E-state index in [9.17, 15) is 0 Å². The molecule has 1 rings (SSSR count). The lowest BCUT2D eigenvalue weighted by atomic mass is 10.2. The fraction of sp³-hybridized carbons (Fsp3) is 0.917. The third-order valence-electron chi connectivity index (χ3n) is 1.95. The van der Waals surface area contributed by atoms with Crippen molar-refractivity contribution in [1.29, 1.82) is 0 Å². The molecule has 3 heteroatoms. The zero-order chi connectivity index (χ0) is 12.1. The number of hydrogen-bond donors (Lipinski definition) is 2. The number of nitrogens with zero attached hydrogens (tertiary/aromatic N) is 1. The molecule has 0 radical (unpaired) electrons. The number of aliphatic imine (C=N–C) groups is 1. The van der Waals surface area contributed by atoms with E-state index in [-0.39, 0.29) is 0 Å². The standard InChI is InChI=1S/C6H13N.C4H10N2.C2H6/c1-6(2)4-5-7-3;1-5-4-2-6-3-4;1-2/h5-6H,4H2,1-3H3;4-6H,2-3H2,1H3;1-2H3. The number of nitrogens with one attached hydrogen (secondary N) is 2. The van der Waals surface area contributed by atoms with E-state index in [1.165, 1.54) is 0 Å². The van der Waals surface area contributed by atoms with Crippen LogP contribution in [0.15, 0.2) is 4.99 Å². The first-order chi connectivity index (χ1) is 7.20. The second kappa shape index (κ2) is 13.6. The van der Waals surface area contributed by atoms with Crippen LogP contribution in [0, 0.1) is 5.92 Å². The van der Waals surface area contributed by atoms with Gasteiger partial charge < -0.3 is 15.6 Å². The van der Waals surface area contributed by atoms with Gasteiger partial charge in [-0.25, -0.2) is 0 Å². The fourth-order valence-corrected chi connectivity index (χ4v) is 0.809. The lowest BCUT2D eigenvalue weighted by molar-refractivity contribution is 0.390. The number of rotatable bonds is 3. The third kappa shape index (κ3) is 13.6. The van der Waals surface area contributed by atoms with E-state index in [0.717, 1.165) is 31.5 Å². The Morgan fingerprint density at radius 1 is 1.40 bits per heavy atom. The van der Waals surface area contributed by atoms with Gasteiger partial charge in [0, 0.05) is 26.2 Å². The van der Waals surface area contributed by atoms with Crippen molar-refractivity contribution in [2.75, 3.05) is 27.2 Å². The van der Waals surface area contributed by atoms with Crippen LogP contribution in [-0.2, 0) is 0 Å². The molecule has 0 spiro atoms. The van der Waals surface area contributed by atoms with E-state index in [0.29, 0.717) is 0 Å². The van der Waals surface area contributed by atoms with Gasteiger partial charge in [0.2, 0.25) is 0 Å². The summed E-state index contributed by atoms with van der Waals surface area (Å²) in [5.74, 6) is 0.753. The van der Waals surface area contributed by atoms with Gasteiger partial charge in [0.05, 0.1) is 0 Å². The first-order valence-corrected chi connectivity index (χ1v) is 5.99. The molecule has 1 heterocycles. The molecule has 1 fully saturated rings. The minimum atomic E-state index is 0.753. The van der Waals surface area contributed by atoms with Crippen molar-refractivity contribution in [3.8, 4) is 0 Å². The molecule has 0 aliphatic carbocycles. The van der Waals surface area contributed by atoms with Crippen molar-refractivity contribution in [3.63, 3.8) is 0 Å². The van der Waals surface area contributed by atoms with Gasteiger partial charge in [-0.3, -0.25) is 0 Å². The number of hydrogen-bond acceptors (Lipinski definition) is 3. The van der Waals surface area contributed by atoms with Gasteiger partial charge in [-0.15, -0.1) is 0 Å². The van der Waals surface area contributed by atoms with Gasteiger partial charge in [0.25, 0.3) is 0 Å². The van der Waals surface area contributed by atoms with E-state index in [1.54, 1.807) is 0 Å². The van der Waals surface area contributed by atoms with Crippen molar-refractivity contribution < 1.29 is 0 Å². The summed E-state index contributed by atoms with van der Waals surface area (Å²) in [4.78, 5) is 3.85. The highest BCUT2D eigenvalue weighted by Crippen LogP contribution is 1.93. The van der Waals surface area contributed by atoms with E-state index < -0.39 is 0 Å². The van der Waals surface area contributed by atoms with Crippen LogP contribution >= 0.6 is 0 Å². The van der Waals surface area contributed by atoms with Crippen LogP contribution in [0.3, 0.4) is 0 Å². The Labute approximate surface area is 95.8 Å². The molecule has 1 aliphatic rings. The summed E-state index contributed by atoms with van der Waals surface area (Å²) < 4.78 is 0. The predicted molar refractivity (Wildman–Crippen MR) is 70.9 cm³/mol. The summed E-state index contributed by atoms with van der Waals surface area (Å²) in [5, 5.41) is 6.29. The summed E-state index contributed by atoms with van der Waals surface area (Å²) in [5.41, 5.74) is 0. The van der Waals surface area contributed by atoms with Gasteiger partial charge in [0.15, 0.2) is 0 Å². The monoisotopic (exact) mass is 215 g/mol. The molecular formula is C12H29N3. The highest BCUT2D eigenvalue weighted by molar-refractivity contribution is 5.56. The van der Waals surface area contributed by atoms with Crippen LogP contribution in [0.5, 0.6) is 0 Å². The summed E-state index contributed by atoms with van der Waals surface area (Å²) >= 11 is 0. The van der Waals surface area contributed by atoms with Crippen molar-refractivity contribution >= 4 is 6.21 Å². The van der Waals surface area contributed by atoms with Crippen LogP contribution in [0.4, 0.5) is 0 Å². The minimum Gasteiger partial charge on any atom is -0.315 e. The normalized spacial score (nSPS) is 15.1. The maximum atomic E-state index is 3.85. The summed E-state index contributed by atoms with van der Waals surface area (Å²) in [6, 6.07) is 0.755. The molecule has 0 aromatic carbocycles. The van der Waals surface area contributed by atoms with Crippen molar-refractivity contribution in [2.24, 2.45) is 10.9 Å². The third-order valence-corrected chi connectivity index (χ3v) is 1.95. The first kappa shape index (κ1) is 17.0. The van der Waals surface area contributed by atoms with Gasteiger partial charge in [0.1, 0.15) is 0 Å². The molecule has 0 atom stereocenters. The summed E-state index contributed by atoms with van der Waals surface area (Å²) in [6.45, 7) is 10.7. The quantitative estimate of drug-likeness (QED) is 0.706. The van der Waals surface area contributed by atoms with Crippen molar-refractivity contribution in [1.82, 2.24) is 10.6 Å². The Morgan fingerprint density at radius 3 is 2.00 bits per heavy atom. The zero-order valence-electron chi connectivity index (χ0n) is 11.3. The highest BCUT2D eigenvalue weighted by atomic mass is 15.1. The van der Waals surface area contributed by atoms with E-state index in [2.05, 4.69) is 29.5 Å². The largest absolute Gasteiger partial charge is 0.315 e. The predicted octanol–water partition coefficient (Wildman–Crippen LogP) is 1.94. The highest BCUT2D eigenvalue weighted by Gasteiger charge is 2.11. The molecule has 3 nitrogen and oxygen atoms in total. The van der Waals surface area contributed by atoms with Crippen LogP contribution in [0.1, 0.15) is 34.1 Å². The average molecular weight is 215 g/mol. The van der Waals surface area contributed by atoms with Gasteiger partial charge in [-0.2, -0.15) is 0 Å². The number of likely N-dealkylation sites (N-methyl/N-ethyl adjacent to an activating group) is 1. The molecule has 2 N–H and O–H groups in total. The van der Waals surface area contributed by atoms with Gasteiger partial charge >= 0.3 is 0 Å². The second-order valence-electron chi connectivity index (χ2n) is 3.71. The Bertz CT molecular complexity index is 126. The maximum absolute atomic E-state index is 3.85. The Balaban J connectivity index is 0. The van der Waals surface area contributed by atoms with Crippen LogP contribution < -0.4 is 10.6 Å². The van der Waals surface area contributed by atoms with E-state index >= 15 is 0 Å². The van der Waals surface area contributed by atoms with Crippen molar-refractivity contribution in [3.05, 3.63) is 0 Å². The molecule has 0 bridgehead atoms. The molecule has 0 aromatic rings. The maximum Gasteiger partial charge on any atom is 0.0314 e. The van der Waals surface area contributed by atoms with Gasteiger partial charge in [-0.05, 0) is 25.6 Å². The SMILES string of the molecule is CC.CN=CCC(C)C.CNC1CNC1. The van der Waals surface area contributed by atoms with Crippen molar-refractivity contribution in [2.45, 2.75) is 40.2 Å². The molecule has 0 saturated carbocycles. The minimum absolute atomic E-state index is 0.753. The molecule has 15 heavy (non-hydrogen) atoms. The molecule has 92 valence electrons. The summed E-state index contributed by atoms with van der Waals surface area (Å²) in [6.07, 6.45) is 3.06. The Hall–Kier alpha value is -0.410. The molecular weight excluding hydrogens is 186 g/mol. The molecule has 1 saturated heterocycles. The van der Waals surface area contributed by atoms with Gasteiger partial charge in [-0.1, -0.05) is 27.7 Å². The van der Waals surface area contributed by atoms with E-state index in [1.807, 2.05) is 34.2 Å². The Morgan fingerprint density at radius 2 is 1.93 bits per heavy atom. The molecule has 0 aromatic heterocycles. The lowest BCUT2D eigenvalue weighted by Gasteiger charge is -2.25. The lowest BCUT2D eigenvalue weighted by Crippen LogP contribution is -2.54. The molecule has 0 amide bonds. The zero-order valence-corrected chi connectivity index (χ0v) is 11.3. The first-order valence-electron chi connectivity index (χ1n) is 5.99. The van der Waals surface area contributed by atoms with Crippen LogP contribution in [-0.4, -0.2) is 39.4 Å². The molecule has 1 aliphatic heterocycles. The van der Waals surface area contributed by atoms with Crippen LogP contribution in [0.2, 0.25) is 0 Å². The topological polar surface area (TPSA) is 36.4 Å². The average Bonchev–Trinajstić information content (AvgIpc) is 2.17. The molecule has 0 unspecified atom stereocenters. The second-order valence-corrected chi connectivity index (χ2v) is 3.71. The van der Waals surface area contributed by atoms with Crippen LogP contribution in [0.25, 0.3) is 0 Å². The smallest absolute Gasteiger partial charge is 0.0314 e.